The summed E-state index contributed by atoms with van der Waals surface area (Å²) < 4.78 is 40.7. The van der Waals surface area contributed by atoms with Gasteiger partial charge in [-0.05, 0) is 37.2 Å². The lowest BCUT2D eigenvalue weighted by Crippen LogP contribution is -2.47. The van der Waals surface area contributed by atoms with Gasteiger partial charge in [0.05, 0.1) is 17.8 Å². The molecule has 234 valence electrons. The fourth-order valence-corrected chi connectivity index (χ4v) is 5.67. The van der Waals surface area contributed by atoms with Gasteiger partial charge < -0.3 is 15.1 Å². The molecule has 0 spiro atoms. The van der Waals surface area contributed by atoms with Gasteiger partial charge in [-0.2, -0.15) is 13.2 Å². The Morgan fingerprint density at radius 1 is 0.814 bits per heavy atom. The van der Waals surface area contributed by atoms with E-state index in [1.807, 2.05) is 30.3 Å². The van der Waals surface area contributed by atoms with Crippen molar-refractivity contribution in [1.82, 2.24) is 20.3 Å². The van der Waals surface area contributed by atoms with Gasteiger partial charge in [0.25, 0.3) is 0 Å². The van der Waals surface area contributed by atoms with Crippen LogP contribution in [-0.4, -0.2) is 47.7 Å². The molecule has 4 rings (SSSR count). The SMILES string of the molecule is CCCCCCCCCCCCNCc1nc(-c2cccc(Cl)c2)cc(N2CCN(c3ncccc3C(F)(F)F)CC2)n1. The first-order valence-corrected chi connectivity index (χ1v) is 16.1. The van der Waals surface area contributed by atoms with E-state index in [1.54, 1.807) is 4.90 Å². The third-order valence-electron chi connectivity index (χ3n) is 7.86. The molecule has 0 saturated carbocycles. The first-order valence-electron chi connectivity index (χ1n) is 15.7. The van der Waals surface area contributed by atoms with E-state index >= 15 is 0 Å². The van der Waals surface area contributed by atoms with Crippen molar-refractivity contribution in [2.24, 2.45) is 0 Å². The van der Waals surface area contributed by atoms with Gasteiger partial charge in [0.2, 0.25) is 0 Å². The highest BCUT2D eigenvalue weighted by Gasteiger charge is 2.36. The average Bonchev–Trinajstić information content (AvgIpc) is 3.01. The standard InChI is InChI=1S/C33H44ClF3N6/c1-2-3-4-5-6-7-8-9-10-11-17-38-25-30-40-29(26-14-12-15-27(34)23-26)24-31(41-30)42-19-21-43(22-20-42)32-28(33(35,36)37)16-13-18-39-32/h12-16,18,23-24,38H,2-11,17,19-22,25H2,1H3. The van der Waals surface area contributed by atoms with E-state index in [1.165, 1.54) is 70.1 Å². The molecule has 0 bridgehead atoms. The molecular formula is C33H44ClF3N6. The summed E-state index contributed by atoms with van der Waals surface area (Å²) in [7, 11) is 0. The number of nitrogens with one attached hydrogen (secondary N) is 1. The second-order valence-corrected chi connectivity index (χ2v) is 11.7. The molecular weight excluding hydrogens is 573 g/mol. The maximum Gasteiger partial charge on any atom is 0.419 e. The second kappa shape index (κ2) is 16.8. The molecule has 43 heavy (non-hydrogen) atoms. The first-order chi connectivity index (χ1) is 20.8. The molecule has 0 unspecified atom stereocenters. The van der Waals surface area contributed by atoms with Crippen LogP contribution in [0.15, 0.2) is 48.7 Å². The number of aromatic nitrogens is 3. The van der Waals surface area contributed by atoms with Crippen molar-refractivity contribution < 1.29 is 13.2 Å². The van der Waals surface area contributed by atoms with Crippen molar-refractivity contribution >= 4 is 23.2 Å². The van der Waals surface area contributed by atoms with Gasteiger partial charge in [0.15, 0.2) is 0 Å². The van der Waals surface area contributed by atoms with Crippen LogP contribution < -0.4 is 15.1 Å². The minimum Gasteiger partial charge on any atom is -0.353 e. The summed E-state index contributed by atoms with van der Waals surface area (Å²) in [5.41, 5.74) is 0.966. The van der Waals surface area contributed by atoms with Crippen LogP contribution in [-0.2, 0) is 12.7 Å². The number of anilines is 2. The van der Waals surface area contributed by atoms with Crippen molar-refractivity contribution in [1.29, 1.82) is 0 Å². The normalized spacial score (nSPS) is 14.0. The summed E-state index contributed by atoms with van der Waals surface area (Å²) in [5, 5.41) is 4.13. The van der Waals surface area contributed by atoms with Gasteiger partial charge in [-0.25, -0.2) is 15.0 Å². The molecule has 1 fully saturated rings. The minimum absolute atomic E-state index is 0.0196. The van der Waals surface area contributed by atoms with Crippen LogP contribution in [0, 0.1) is 0 Å². The number of halogens is 4. The molecule has 1 aromatic carbocycles. The number of rotatable bonds is 16. The zero-order valence-corrected chi connectivity index (χ0v) is 25.9. The average molecular weight is 617 g/mol. The maximum absolute atomic E-state index is 13.6. The Balaban J connectivity index is 1.34. The van der Waals surface area contributed by atoms with Crippen molar-refractivity contribution in [3.05, 3.63) is 65.1 Å². The molecule has 3 aromatic rings. The van der Waals surface area contributed by atoms with Crippen LogP contribution >= 0.6 is 11.6 Å². The Morgan fingerprint density at radius 2 is 1.49 bits per heavy atom. The summed E-state index contributed by atoms with van der Waals surface area (Å²) in [6.07, 6.45) is 9.95. The van der Waals surface area contributed by atoms with E-state index in [9.17, 15) is 13.2 Å². The zero-order valence-electron chi connectivity index (χ0n) is 25.2. The summed E-state index contributed by atoms with van der Waals surface area (Å²) in [6.45, 7) is 5.55. The number of benzene rings is 1. The van der Waals surface area contributed by atoms with Gasteiger partial charge in [0, 0.05) is 49.0 Å². The van der Waals surface area contributed by atoms with Crippen molar-refractivity contribution in [2.45, 2.75) is 83.9 Å². The van der Waals surface area contributed by atoms with Crippen LogP contribution in [0.25, 0.3) is 11.3 Å². The number of piperazine rings is 1. The predicted molar refractivity (Wildman–Crippen MR) is 170 cm³/mol. The monoisotopic (exact) mass is 616 g/mol. The third kappa shape index (κ3) is 10.3. The molecule has 10 heteroatoms. The van der Waals surface area contributed by atoms with Gasteiger partial charge >= 0.3 is 6.18 Å². The zero-order chi connectivity index (χ0) is 30.5. The smallest absolute Gasteiger partial charge is 0.353 e. The predicted octanol–water partition coefficient (Wildman–Crippen LogP) is 8.55. The molecule has 1 aliphatic heterocycles. The van der Waals surface area contributed by atoms with Crippen LogP contribution in [0.2, 0.25) is 5.02 Å². The summed E-state index contributed by atoms with van der Waals surface area (Å²) >= 11 is 6.28. The highest BCUT2D eigenvalue weighted by atomic mass is 35.5. The van der Waals surface area contributed by atoms with E-state index in [0.717, 1.165) is 36.1 Å². The second-order valence-electron chi connectivity index (χ2n) is 11.2. The molecule has 0 amide bonds. The van der Waals surface area contributed by atoms with Crippen molar-refractivity contribution in [3.63, 3.8) is 0 Å². The molecule has 1 saturated heterocycles. The van der Waals surface area contributed by atoms with E-state index in [-0.39, 0.29) is 5.82 Å². The maximum atomic E-state index is 13.6. The number of pyridine rings is 1. The number of hydrogen-bond acceptors (Lipinski definition) is 6. The van der Waals surface area contributed by atoms with E-state index in [4.69, 9.17) is 21.6 Å². The van der Waals surface area contributed by atoms with E-state index in [2.05, 4.69) is 22.1 Å². The Morgan fingerprint density at radius 3 is 2.16 bits per heavy atom. The van der Waals surface area contributed by atoms with Crippen molar-refractivity contribution in [3.8, 4) is 11.3 Å². The summed E-state index contributed by atoms with van der Waals surface area (Å²) in [6, 6.07) is 11.9. The fraction of sp³-hybridized carbons (Fsp3) is 0.545. The summed E-state index contributed by atoms with van der Waals surface area (Å²) in [5.74, 6) is 1.43. The quantitative estimate of drug-likeness (QED) is 0.163. The highest BCUT2D eigenvalue weighted by molar-refractivity contribution is 6.30. The van der Waals surface area contributed by atoms with Crippen LogP contribution in [0.1, 0.15) is 82.5 Å². The highest BCUT2D eigenvalue weighted by Crippen LogP contribution is 2.35. The fourth-order valence-electron chi connectivity index (χ4n) is 5.48. The molecule has 0 aliphatic carbocycles. The van der Waals surface area contributed by atoms with E-state index < -0.39 is 11.7 Å². The third-order valence-corrected chi connectivity index (χ3v) is 8.10. The van der Waals surface area contributed by atoms with Gasteiger partial charge in [0.1, 0.15) is 17.5 Å². The topological polar surface area (TPSA) is 57.2 Å². The lowest BCUT2D eigenvalue weighted by Gasteiger charge is -2.37. The van der Waals surface area contributed by atoms with Gasteiger partial charge in [-0.15, -0.1) is 0 Å². The minimum atomic E-state index is -4.45. The lowest BCUT2D eigenvalue weighted by atomic mass is 10.1. The number of hydrogen-bond donors (Lipinski definition) is 1. The first kappa shape index (κ1) is 33.0. The Hall–Kier alpha value is -2.91. The van der Waals surface area contributed by atoms with Crippen molar-refractivity contribution in [2.75, 3.05) is 42.5 Å². The molecule has 0 radical (unpaired) electrons. The molecule has 6 nitrogen and oxygen atoms in total. The van der Waals surface area contributed by atoms with Crippen LogP contribution in [0.3, 0.4) is 0 Å². The van der Waals surface area contributed by atoms with E-state index in [0.29, 0.717) is 43.6 Å². The lowest BCUT2D eigenvalue weighted by molar-refractivity contribution is -0.137. The molecule has 1 aliphatic rings. The molecule has 2 aromatic heterocycles. The summed E-state index contributed by atoms with van der Waals surface area (Å²) in [4.78, 5) is 17.6. The van der Waals surface area contributed by atoms with Gasteiger partial charge in [-0.3, -0.25) is 0 Å². The number of alkyl halides is 3. The molecule has 0 atom stereocenters. The number of unbranched alkanes of at least 4 members (excludes halogenated alkanes) is 9. The largest absolute Gasteiger partial charge is 0.419 e. The molecule has 1 N–H and O–H groups in total. The van der Waals surface area contributed by atoms with Gasteiger partial charge in [-0.1, -0.05) is 88.4 Å². The Labute approximate surface area is 259 Å². The molecule has 3 heterocycles. The Kier molecular flexibility index (Phi) is 12.9. The van der Waals surface area contributed by atoms with Crippen LogP contribution in [0.4, 0.5) is 24.8 Å². The number of nitrogens with zero attached hydrogens (tertiary/aromatic N) is 5. The van der Waals surface area contributed by atoms with Crippen LogP contribution in [0.5, 0.6) is 0 Å². The Bertz CT molecular complexity index is 1260.